The second kappa shape index (κ2) is 5.45. The Morgan fingerprint density at radius 1 is 0.545 bits per heavy atom. The Morgan fingerprint density at radius 3 is 1.45 bits per heavy atom. The Hall–Kier alpha value is -2.94. The Bertz CT molecular complexity index is 710. The molecular weight excluding hydrogens is 270 g/mol. The number of hydrogen-bond acceptors (Lipinski definition) is 3. The largest absolute Gasteiger partial charge is 0.398 e. The molecule has 3 nitrogen and oxygen atoms in total. The lowest BCUT2D eigenvalue weighted by atomic mass is 9.95. The third-order valence-electron chi connectivity index (χ3n) is 3.90. The summed E-state index contributed by atoms with van der Waals surface area (Å²) < 4.78 is 0. The van der Waals surface area contributed by atoms with Gasteiger partial charge in [-0.25, -0.2) is 0 Å². The van der Waals surface area contributed by atoms with Crippen LogP contribution in [0.1, 0.15) is 5.56 Å². The highest BCUT2D eigenvalue weighted by Gasteiger charge is 2.09. The van der Waals surface area contributed by atoms with Crippen molar-refractivity contribution in [1.82, 2.24) is 0 Å². The molecule has 0 radical (unpaired) electrons. The van der Waals surface area contributed by atoms with E-state index in [2.05, 4.69) is 25.1 Å². The standard InChI is InChI=1S/C19H19N3/c1-12-4-2-5-15(20)18(12)13-8-10-14(11-9-13)19-16(21)6-3-7-17(19)22/h2-11H,20-22H2,1H3. The molecule has 0 fully saturated rings. The summed E-state index contributed by atoms with van der Waals surface area (Å²) in [6, 6.07) is 19.7. The lowest BCUT2D eigenvalue weighted by molar-refractivity contribution is 1.46. The van der Waals surface area contributed by atoms with Crippen LogP contribution in [0, 0.1) is 6.92 Å². The van der Waals surface area contributed by atoms with Crippen LogP contribution in [0.3, 0.4) is 0 Å². The number of rotatable bonds is 2. The van der Waals surface area contributed by atoms with Gasteiger partial charge in [0.25, 0.3) is 0 Å². The predicted octanol–water partition coefficient (Wildman–Crippen LogP) is 4.08. The smallest absolute Gasteiger partial charge is 0.0414 e. The molecule has 0 aliphatic heterocycles. The van der Waals surface area contributed by atoms with Gasteiger partial charge in [0.15, 0.2) is 0 Å². The fourth-order valence-electron chi connectivity index (χ4n) is 2.81. The molecule has 0 saturated carbocycles. The second-order valence-corrected chi connectivity index (χ2v) is 5.43. The quantitative estimate of drug-likeness (QED) is 0.622. The Morgan fingerprint density at radius 2 is 0.955 bits per heavy atom. The first-order valence-electron chi connectivity index (χ1n) is 7.18. The van der Waals surface area contributed by atoms with Crippen molar-refractivity contribution in [3.63, 3.8) is 0 Å². The maximum atomic E-state index is 6.11. The van der Waals surface area contributed by atoms with Gasteiger partial charge in [-0.1, -0.05) is 42.5 Å². The number of anilines is 3. The maximum Gasteiger partial charge on any atom is 0.0414 e. The highest BCUT2D eigenvalue weighted by molar-refractivity contribution is 5.88. The highest BCUT2D eigenvalue weighted by atomic mass is 14.6. The topological polar surface area (TPSA) is 78.1 Å². The predicted molar refractivity (Wildman–Crippen MR) is 95.3 cm³/mol. The van der Waals surface area contributed by atoms with Gasteiger partial charge in [-0.2, -0.15) is 0 Å². The molecule has 0 amide bonds. The summed E-state index contributed by atoms with van der Waals surface area (Å²) in [5.41, 5.74) is 25.6. The van der Waals surface area contributed by atoms with E-state index < -0.39 is 0 Å². The molecule has 0 aromatic heterocycles. The van der Waals surface area contributed by atoms with Gasteiger partial charge in [0, 0.05) is 28.2 Å². The molecule has 0 aliphatic rings. The minimum Gasteiger partial charge on any atom is -0.398 e. The average Bonchev–Trinajstić information content (AvgIpc) is 2.48. The SMILES string of the molecule is Cc1cccc(N)c1-c1ccc(-c2c(N)cccc2N)cc1. The van der Waals surface area contributed by atoms with E-state index in [9.17, 15) is 0 Å². The zero-order chi connectivity index (χ0) is 15.7. The van der Waals surface area contributed by atoms with Gasteiger partial charge >= 0.3 is 0 Å². The van der Waals surface area contributed by atoms with Crippen LogP contribution in [0.25, 0.3) is 22.3 Å². The van der Waals surface area contributed by atoms with Crippen LogP contribution in [0.15, 0.2) is 60.7 Å². The molecule has 0 unspecified atom stereocenters. The van der Waals surface area contributed by atoms with Crippen molar-refractivity contribution in [2.75, 3.05) is 17.2 Å². The van der Waals surface area contributed by atoms with E-state index >= 15 is 0 Å². The molecule has 0 atom stereocenters. The summed E-state index contributed by atoms with van der Waals surface area (Å²) in [4.78, 5) is 0. The molecule has 22 heavy (non-hydrogen) atoms. The van der Waals surface area contributed by atoms with Crippen LogP contribution in [-0.4, -0.2) is 0 Å². The summed E-state index contributed by atoms with van der Waals surface area (Å²) >= 11 is 0. The molecule has 0 spiro atoms. The summed E-state index contributed by atoms with van der Waals surface area (Å²) in [5, 5.41) is 0. The zero-order valence-electron chi connectivity index (χ0n) is 12.5. The fraction of sp³-hybridized carbons (Fsp3) is 0.0526. The van der Waals surface area contributed by atoms with Gasteiger partial charge in [-0.15, -0.1) is 0 Å². The Balaban J connectivity index is 2.08. The molecule has 3 heteroatoms. The van der Waals surface area contributed by atoms with Gasteiger partial charge in [0.1, 0.15) is 0 Å². The van der Waals surface area contributed by atoms with E-state index in [1.165, 1.54) is 0 Å². The minimum absolute atomic E-state index is 0.683. The maximum absolute atomic E-state index is 6.11. The molecule has 0 bridgehead atoms. The van der Waals surface area contributed by atoms with Crippen molar-refractivity contribution in [3.05, 3.63) is 66.2 Å². The van der Waals surface area contributed by atoms with Crippen molar-refractivity contribution < 1.29 is 0 Å². The zero-order valence-corrected chi connectivity index (χ0v) is 12.5. The monoisotopic (exact) mass is 289 g/mol. The molecule has 3 aromatic carbocycles. The fourth-order valence-corrected chi connectivity index (χ4v) is 2.81. The average molecular weight is 289 g/mol. The van der Waals surface area contributed by atoms with Crippen molar-refractivity contribution >= 4 is 17.1 Å². The molecule has 3 aromatic rings. The van der Waals surface area contributed by atoms with E-state index in [0.717, 1.165) is 33.5 Å². The molecular formula is C19H19N3. The first kappa shape index (κ1) is 14.0. The molecule has 6 N–H and O–H groups in total. The van der Waals surface area contributed by atoms with Crippen molar-refractivity contribution in [1.29, 1.82) is 0 Å². The first-order chi connectivity index (χ1) is 10.6. The summed E-state index contributed by atoms with van der Waals surface area (Å²) in [6.45, 7) is 2.06. The van der Waals surface area contributed by atoms with Gasteiger partial charge in [-0.05, 0) is 41.8 Å². The normalized spacial score (nSPS) is 10.6. The van der Waals surface area contributed by atoms with E-state index in [0.29, 0.717) is 11.4 Å². The summed E-state index contributed by atoms with van der Waals surface area (Å²) in [6.07, 6.45) is 0. The van der Waals surface area contributed by atoms with Crippen LogP contribution in [0.4, 0.5) is 17.1 Å². The van der Waals surface area contributed by atoms with Crippen molar-refractivity contribution in [2.45, 2.75) is 6.92 Å². The minimum atomic E-state index is 0.683. The van der Waals surface area contributed by atoms with Gasteiger partial charge < -0.3 is 17.2 Å². The van der Waals surface area contributed by atoms with Gasteiger partial charge in [0.05, 0.1) is 0 Å². The Kier molecular flexibility index (Phi) is 3.47. The summed E-state index contributed by atoms with van der Waals surface area (Å²) in [5.74, 6) is 0. The Labute approximate surface area is 130 Å². The number of benzene rings is 3. The lowest BCUT2D eigenvalue weighted by Gasteiger charge is -2.12. The van der Waals surface area contributed by atoms with E-state index in [1.807, 2.05) is 42.5 Å². The summed E-state index contributed by atoms with van der Waals surface area (Å²) in [7, 11) is 0. The van der Waals surface area contributed by atoms with Crippen LogP contribution < -0.4 is 17.2 Å². The third kappa shape index (κ3) is 2.37. The lowest BCUT2D eigenvalue weighted by Crippen LogP contribution is -1.96. The van der Waals surface area contributed by atoms with Crippen LogP contribution in [0.5, 0.6) is 0 Å². The number of nitrogens with two attached hydrogens (primary N) is 3. The van der Waals surface area contributed by atoms with E-state index in [4.69, 9.17) is 17.2 Å². The number of hydrogen-bond donors (Lipinski definition) is 3. The molecule has 0 heterocycles. The van der Waals surface area contributed by atoms with Gasteiger partial charge in [-0.3, -0.25) is 0 Å². The number of nitrogen functional groups attached to an aromatic ring is 3. The van der Waals surface area contributed by atoms with Gasteiger partial charge in [0.2, 0.25) is 0 Å². The van der Waals surface area contributed by atoms with Crippen molar-refractivity contribution in [2.24, 2.45) is 0 Å². The molecule has 0 saturated heterocycles. The van der Waals surface area contributed by atoms with E-state index in [1.54, 1.807) is 0 Å². The van der Waals surface area contributed by atoms with Crippen LogP contribution >= 0.6 is 0 Å². The van der Waals surface area contributed by atoms with Crippen LogP contribution in [-0.2, 0) is 0 Å². The third-order valence-corrected chi connectivity index (χ3v) is 3.90. The van der Waals surface area contributed by atoms with Crippen LogP contribution in [0.2, 0.25) is 0 Å². The second-order valence-electron chi connectivity index (χ2n) is 5.43. The first-order valence-corrected chi connectivity index (χ1v) is 7.18. The molecule has 0 aliphatic carbocycles. The molecule has 3 rings (SSSR count). The van der Waals surface area contributed by atoms with E-state index in [-0.39, 0.29) is 0 Å². The number of aryl methyl sites for hydroxylation is 1. The molecule has 110 valence electrons. The van der Waals surface area contributed by atoms with Crippen molar-refractivity contribution in [3.8, 4) is 22.3 Å². The highest BCUT2D eigenvalue weighted by Crippen LogP contribution is 2.35.